The summed E-state index contributed by atoms with van der Waals surface area (Å²) in [6.07, 6.45) is 29.0. The summed E-state index contributed by atoms with van der Waals surface area (Å²) in [6.45, 7) is 6.79. The monoisotopic (exact) mass is 440 g/mol. The van der Waals surface area contributed by atoms with E-state index in [4.69, 9.17) is 4.98 Å². The summed E-state index contributed by atoms with van der Waals surface area (Å²) in [6, 6.07) is 0. The predicted octanol–water partition coefficient (Wildman–Crippen LogP) is 7.00. The number of nitrogens with zero attached hydrogens (tertiary/aromatic N) is 3. The summed E-state index contributed by atoms with van der Waals surface area (Å²) in [7, 11) is 2.07. The number of aromatic amines is 1. The van der Waals surface area contributed by atoms with Gasteiger partial charge in [0.2, 0.25) is 0 Å². The van der Waals surface area contributed by atoms with Crippen molar-refractivity contribution in [3.63, 3.8) is 0 Å². The number of aromatic nitrogens is 4. The van der Waals surface area contributed by atoms with E-state index in [1.54, 1.807) is 0 Å². The molecule has 1 atom stereocenters. The maximum Gasteiger partial charge on any atom is 0.135 e. The molecule has 33 heavy (non-hydrogen) atoms. The fraction of sp³-hybridized carbons (Fsp3) is 0.379. The Kier molecular flexibility index (Phi) is 7.43. The average Bonchev–Trinajstić information content (AvgIpc) is 3.37. The minimum absolute atomic E-state index is 0.372. The Hall–Kier alpha value is -3.14. The molecule has 4 rings (SSSR count). The van der Waals surface area contributed by atoms with E-state index in [1.165, 1.54) is 28.0 Å². The van der Waals surface area contributed by atoms with Crippen LogP contribution < -0.4 is 0 Å². The number of aryl methyl sites for hydroxylation is 1. The van der Waals surface area contributed by atoms with Gasteiger partial charge in [-0.3, -0.25) is 0 Å². The summed E-state index contributed by atoms with van der Waals surface area (Å²) in [5.41, 5.74) is 6.47. The van der Waals surface area contributed by atoms with E-state index in [1.807, 2.05) is 18.6 Å². The highest BCUT2D eigenvalue weighted by Crippen LogP contribution is 2.28. The summed E-state index contributed by atoms with van der Waals surface area (Å²) in [5, 5.41) is 0. The van der Waals surface area contributed by atoms with E-state index in [0.717, 1.165) is 43.8 Å². The Morgan fingerprint density at radius 2 is 1.64 bits per heavy atom. The molecule has 0 saturated heterocycles. The van der Waals surface area contributed by atoms with Crippen LogP contribution in [0.3, 0.4) is 0 Å². The normalized spacial score (nSPS) is 26.2. The maximum absolute atomic E-state index is 4.77. The Bertz CT molecular complexity index is 1140. The van der Waals surface area contributed by atoms with E-state index in [-0.39, 0.29) is 0 Å². The maximum atomic E-state index is 4.77. The highest BCUT2D eigenvalue weighted by atomic mass is 15.0. The van der Waals surface area contributed by atoms with Crippen LogP contribution in [0.4, 0.5) is 0 Å². The van der Waals surface area contributed by atoms with E-state index < -0.39 is 0 Å². The molecule has 2 aromatic heterocycles. The second kappa shape index (κ2) is 10.7. The third kappa shape index (κ3) is 5.81. The second-order valence-corrected chi connectivity index (χ2v) is 9.48. The lowest BCUT2D eigenvalue weighted by Crippen LogP contribution is -2.05. The van der Waals surface area contributed by atoms with Crippen LogP contribution in [0.1, 0.15) is 63.8 Å². The summed E-state index contributed by atoms with van der Waals surface area (Å²) >= 11 is 0. The van der Waals surface area contributed by atoms with Gasteiger partial charge in [-0.1, -0.05) is 69.4 Å². The molecular weight excluding hydrogens is 404 g/mol. The molecule has 1 unspecified atom stereocenters. The SMILES string of the molecule is CC(C)C1=C/C=C\CC/C(c2ncc(CC(C)C3=C/C=C\CC/C(c4nccn4C)=C\3)[nH]2)=C\1. The van der Waals surface area contributed by atoms with Crippen LogP contribution in [0.2, 0.25) is 0 Å². The van der Waals surface area contributed by atoms with Crippen molar-refractivity contribution < 1.29 is 0 Å². The van der Waals surface area contributed by atoms with E-state index in [0.29, 0.717) is 11.8 Å². The Balaban J connectivity index is 1.54. The van der Waals surface area contributed by atoms with Gasteiger partial charge < -0.3 is 9.55 Å². The third-order valence-electron chi connectivity index (χ3n) is 6.49. The molecule has 0 fully saturated rings. The molecule has 0 amide bonds. The third-order valence-corrected chi connectivity index (χ3v) is 6.49. The smallest absolute Gasteiger partial charge is 0.135 e. The van der Waals surface area contributed by atoms with Crippen LogP contribution in [0, 0.1) is 11.8 Å². The summed E-state index contributed by atoms with van der Waals surface area (Å²) < 4.78 is 2.11. The quantitative estimate of drug-likeness (QED) is 0.526. The van der Waals surface area contributed by atoms with Gasteiger partial charge in [-0.25, -0.2) is 9.97 Å². The molecule has 0 radical (unpaired) electrons. The van der Waals surface area contributed by atoms with Gasteiger partial charge in [0, 0.05) is 31.3 Å². The van der Waals surface area contributed by atoms with Gasteiger partial charge in [0.25, 0.3) is 0 Å². The molecule has 4 nitrogen and oxygen atoms in total. The van der Waals surface area contributed by atoms with Gasteiger partial charge in [-0.2, -0.15) is 0 Å². The van der Waals surface area contributed by atoms with Gasteiger partial charge in [0.1, 0.15) is 11.6 Å². The van der Waals surface area contributed by atoms with Gasteiger partial charge in [-0.05, 0) is 66.2 Å². The lowest BCUT2D eigenvalue weighted by atomic mass is 9.91. The van der Waals surface area contributed by atoms with Crippen molar-refractivity contribution in [3.05, 3.63) is 95.7 Å². The average molecular weight is 441 g/mol. The number of hydrogen-bond acceptors (Lipinski definition) is 2. The number of nitrogens with one attached hydrogen (secondary N) is 1. The fourth-order valence-electron chi connectivity index (χ4n) is 4.45. The zero-order valence-corrected chi connectivity index (χ0v) is 20.4. The summed E-state index contributed by atoms with van der Waals surface area (Å²) in [4.78, 5) is 13.0. The first-order valence-corrected chi connectivity index (χ1v) is 12.2. The molecule has 172 valence electrons. The first-order chi connectivity index (χ1) is 16.0. The van der Waals surface area contributed by atoms with E-state index >= 15 is 0 Å². The Morgan fingerprint density at radius 3 is 2.33 bits per heavy atom. The predicted molar refractivity (Wildman–Crippen MR) is 138 cm³/mol. The molecule has 2 aliphatic rings. The topological polar surface area (TPSA) is 46.5 Å². The molecular formula is C29H36N4. The molecule has 2 aromatic rings. The molecule has 2 aliphatic carbocycles. The van der Waals surface area contributed by atoms with Gasteiger partial charge >= 0.3 is 0 Å². The van der Waals surface area contributed by atoms with Crippen molar-refractivity contribution in [3.8, 4) is 0 Å². The molecule has 0 saturated carbocycles. The molecule has 4 heteroatoms. The zero-order valence-electron chi connectivity index (χ0n) is 20.4. The number of H-pyrrole nitrogens is 1. The Labute approximate surface area is 198 Å². The van der Waals surface area contributed by atoms with Crippen LogP contribution in [0.25, 0.3) is 11.1 Å². The van der Waals surface area contributed by atoms with Crippen molar-refractivity contribution in [1.29, 1.82) is 0 Å². The van der Waals surface area contributed by atoms with Gasteiger partial charge in [0.15, 0.2) is 0 Å². The highest BCUT2D eigenvalue weighted by molar-refractivity contribution is 5.65. The van der Waals surface area contributed by atoms with Crippen LogP contribution in [-0.4, -0.2) is 19.5 Å². The number of imidazole rings is 2. The van der Waals surface area contributed by atoms with Crippen LogP contribution in [0.5, 0.6) is 0 Å². The Morgan fingerprint density at radius 1 is 0.939 bits per heavy atom. The number of rotatable bonds is 6. The zero-order chi connectivity index (χ0) is 23.2. The number of allylic oxidation sites excluding steroid dienone is 12. The minimum Gasteiger partial charge on any atom is -0.342 e. The standard InChI is InChI=1S/C29H36N4/c1-21(2)23-11-7-5-9-13-25(18-23)28-31-20-27(32-28)17-22(3)24-12-8-6-10-14-26(19-24)29-30-15-16-33(29)4/h5-8,11-12,15-16,18-22H,9-10,13-14,17H2,1-4H3,(H,31,32)/b7-5-,8-6-,23-11+,24-12+,25-18+,26-19+. The second-order valence-electron chi connectivity index (χ2n) is 9.48. The molecule has 0 spiro atoms. The van der Waals surface area contributed by atoms with Crippen molar-refractivity contribution >= 4 is 11.1 Å². The molecule has 1 N–H and O–H groups in total. The molecule has 2 heterocycles. The van der Waals surface area contributed by atoms with Crippen molar-refractivity contribution in [2.75, 3.05) is 0 Å². The van der Waals surface area contributed by atoms with Crippen molar-refractivity contribution in [1.82, 2.24) is 19.5 Å². The van der Waals surface area contributed by atoms with Crippen LogP contribution in [0.15, 0.2) is 78.3 Å². The molecule has 0 aliphatic heterocycles. The van der Waals surface area contributed by atoms with E-state index in [9.17, 15) is 0 Å². The van der Waals surface area contributed by atoms with Gasteiger partial charge in [-0.15, -0.1) is 0 Å². The highest BCUT2D eigenvalue weighted by Gasteiger charge is 2.16. The van der Waals surface area contributed by atoms with Crippen molar-refractivity contribution in [2.45, 2.75) is 52.9 Å². The van der Waals surface area contributed by atoms with Crippen molar-refractivity contribution in [2.24, 2.45) is 18.9 Å². The molecule has 0 aromatic carbocycles. The molecule has 0 bridgehead atoms. The minimum atomic E-state index is 0.372. The lowest BCUT2D eigenvalue weighted by Gasteiger charge is -2.16. The van der Waals surface area contributed by atoms with E-state index in [2.05, 4.69) is 91.0 Å². The first-order valence-electron chi connectivity index (χ1n) is 12.2. The lowest BCUT2D eigenvalue weighted by molar-refractivity contribution is 0.680. The van der Waals surface area contributed by atoms with Crippen LogP contribution in [-0.2, 0) is 13.5 Å². The summed E-state index contributed by atoms with van der Waals surface area (Å²) in [5.74, 6) is 2.94. The fourth-order valence-corrected chi connectivity index (χ4v) is 4.45. The number of hydrogen-bond donors (Lipinski definition) is 1. The van der Waals surface area contributed by atoms with Gasteiger partial charge in [0.05, 0.1) is 0 Å². The largest absolute Gasteiger partial charge is 0.342 e. The first kappa shape index (κ1) is 23.0. The van der Waals surface area contributed by atoms with Crippen LogP contribution >= 0.6 is 0 Å².